The van der Waals surface area contributed by atoms with E-state index in [1.807, 2.05) is 0 Å². The van der Waals surface area contributed by atoms with Crippen molar-refractivity contribution in [2.75, 3.05) is 24.3 Å². The summed E-state index contributed by atoms with van der Waals surface area (Å²) < 4.78 is 5.22. The molecule has 0 unspecified atom stereocenters. The first kappa shape index (κ1) is 23.9. The predicted molar refractivity (Wildman–Crippen MR) is 127 cm³/mol. The summed E-state index contributed by atoms with van der Waals surface area (Å²) in [6.45, 7) is -0.567. The SMILES string of the molecule is COc1ccccc1NC(=O)c1ccc(NC(=O)CN2C(=O)C(=O)N(C3CCCCC3)C2=O)cc1. The average molecular weight is 479 g/mol. The van der Waals surface area contributed by atoms with E-state index in [-0.39, 0.29) is 11.9 Å². The Balaban J connectivity index is 1.35. The van der Waals surface area contributed by atoms with Crippen molar-refractivity contribution in [3.63, 3.8) is 0 Å². The van der Waals surface area contributed by atoms with Crippen molar-refractivity contribution in [3.05, 3.63) is 54.1 Å². The molecule has 0 spiro atoms. The molecular weight excluding hydrogens is 452 g/mol. The summed E-state index contributed by atoms with van der Waals surface area (Å²) >= 11 is 0. The Morgan fingerprint density at radius 1 is 0.914 bits per heavy atom. The van der Waals surface area contributed by atoms with Gasteiger partial charge in [0.1, 0.15) is 12.3 Å². The van der Waals surface area contributed by atoms with Crippen molar-refractivity contribution in [2.45, 2.75) is 38.1 Å². The largest absolute Gasteiger partial charge is 0.495 e. The molecule has 1 saturated carbocycles. The van der Waals surface area contributed by atoms with E-state index in [2.05, 4.69) is 10.6 Å². The highest BCUT2D eigenvalue weighted by atomic mass is 16.5. The standard InChI is InChI=1S/C25H26N4O6/c1-35-20-10-6-5-9-19(20)27-22(31)16-11-13-17(14-12-16)26-21(30)15-28-23(32)24(33)29(25(28)34)18-7-3-2-4-8-18/h5-6,9-14,18H,2-4,7-8,15H2,1H3,(H,26,30)(H,27,31). The van der Waals surface area contributed by atoms with Crippen LogP contribution in [0, 0.1) is 0 Å². The average Bonchev–Trinajstić information content (AvgIpc) is 3.08. The van der Waals surface area contributed by atoms with Crippen molar-refractivity contribution < 1.29 is 28.7 Å². The lowest BCUT2D eigenvalue weighted by molar-refractivity contribution is -0.144. The van der Waals surface area contributed by atoms with Crippen molar-refractivity contribution in [3.8, 4) is 5.75 Å². The van der Waals surface area contributed by atoms with Gasteiger partial charge in [-0.25, -0.2) is 9.69 Å². The number of urea groups is 1. The van der Waals surface area contributed by atoms with Gasteiger partial charge in [-0.1, -0.05) is 31.4 Å². The van der Waals surface area contributed by atoms with Crippen LogP contribution in [-0.4, -0.2) is 59.2 Å². The molecule has 2 aromatic rings. The zero-order chi connectivity index (χ0) is 24.9. The van der Waals surface area contributed by atoms with Gasteiger partial charge in [0, 0.05) is 17.3 Å². The fourth-order valence-corrected chi connectivity index (χ4v) is 4.31. The first-order valence-electron chi connectivity index (χ1n) is 11.4. The first-order valence-corrected chi connectivity index (χ1v) is 11.4. The number of para-hydroxylation sites is 2. The van der Waals surface area contributed by atoms with Gasteiger partial charge in [-0.2, -0.15) is 0 Å². The molecule has 1 saturated heterocycles. The number of anilines is 2. The van der Waals surface area contributed by atoms with Crippen LogP contribution in [0.1, 0.15) is 42.5 Å². The van der Waals surface area contributed by atoms with Crippen molar-refractivity contribution in [1.82, 2.24) is 9.80 Å². The maximum atomic E-state index is 12.7. The lowest BCUT2D eigenvalue weighted by Gasteiger charge is -2.28. The maximum Gasteiger partial charge on any atom is 0.334 e. The van der Waals surface area contributed by atoms with Gasteiger partial charge in [-0.15, -0.1) is 0 Å². The summed E-state index contributed by atoms with van der Waals surface area (Å²) in [6.07, 6.45) is 4.16. The van der Waals surface area contributed by atoms with Crippen molar-refractivity contribution in [1.29, 1.82) is 0 Å². The van der Waals surface area contributed by atoms with Crippen molar-refractivity contribution >= 4 is 41.0 Å². The van der Waals surface area contributed by atoms with E-state index in [1.54, 1.807) is 24.3 Å². The van der Waals surface area contributed by atoms with Crippen LogP contribution in [0.2, 0.25) is 0 Å². The van der Waals surface area contributed by atoms with Gasteiger partial charge in [0.25, 0.3) is 5.91 Å². The molecular formula is C25H26N4O6. The van der Waals surface area contributed by atoms with Crippen LogP contribution in [0.5, 0.6) is 5.75 Å². The Hall–Kier alpha value is -4.21. The van der Waals surface area contributed by atoms with Crippen LogP contribution >= 0.6 is 0 Å². The summed E-state index contributed by atoms with van der Waals surface area (Å²) in [5.41, 5.74) is 1.25. The molecule has 0 radical (unpaired) electrons. The minimum atomic E-state index is -0.987. The number of methoxy groups -OCH3 is 1. The molecule has 1 heterocycles. The van der Waals surface area contributed by atoms with E-state index in [1.165, 1.54) is 31.4 Å². The molecule has 2 fully saturated rings. The third kappa shape index (κ3) is 5.16. The van der Waals surface area contributed by atoms with Gasteiger partial charge in [-0.3, -0.25) is 24.1 Å². The molecule has 2 aromatic carbocycles. The fourth-order valence-electron chi connectivity index (χ4n) is 4.31. The highest BCUT2D eigenvalue weighted by Gasteiger charge is 2.48. The molecule has 6 amide bonds. The predicted octanol–water partition coefficient (Wildman–Crippen LogP) is 3.01. The van der Waals surface area contributed by atoms with E-state index in [4.69, 9.17) is 4.74 Å². The second kappa shape index (κ2) is 10.4. The van der Waals surface area contributed by atoms with Gasteiger partial charge < -0.3 is 15.4 Å². The maximum absolute atomic E-state index is 12.7. The Labute approximate surface area is 202 Å². The number of nitrogens with one attached hydrogen (secondary N) is 2. The quantitative estimate of drug-likeness (QED) is 0.466. The number of imide groups is 2. The minimum absolute atomic E-state index is 0.296. The summed E-state index contributed by atoms with van der Waals surface area (Å²) in [5.74, 6) is -2.33. The molecule has 2 N–H and O–H groups in total. The number of carbonyl (C=O) groups excluding carboxylic acids is 5. The minimum Gasteiger partial charge on any atom is -0.495 e. The zero-order valence-corrected chi connectivity index (χ0v) is 19.3. The fraction of sp³-hybridized carbons (Fsp3) is 0.320. The normalized spacial score (nSPS) is 16.4. The molecule has 4 rings (SSSR count). The number of carbonyl (C=O) groups is 5. The molecule has 182 valence electrons. The van der Waals surface area contributed by atoms with E-state index >= 15 is 0 Å². The second-order valence-electron chi connectivity index (χ2n) is 8.42. The van der Waals surface area contributed by atoms with Gasteiger partial charge in [-0.05, 0) is 49.2 Å². The van der Waals surface area contributed by atoms with Crippen molar-refractivity contribution in [2.24, 2.45) is 0 Å². The molecule has 1 aliphatic carbocycles. The van der Waals surface area contributed by atoms with E-state index < -0.39 is 30.3 Å². The molecule has 1 aliphatic heterocycles. The van der Waals surface area contributed by atoms with Crippen LogP contribution in [0.3, 0.4) is 0 Å². The Kier molecular flexibility index (Phi) is 7.09. The number of amides is 6. The topological polar surface area (TPSA) is 125 Å². The van der Waals surface area contributed by atoms with E-state index in [0.717, 1.165) is 24.2 Å². The summed E-state index contributed by atoms with van der Waals surface area (Å²) in [5, 5.41) is 5.35. The Bertz CT molecular complexity index is 1160. The van der Waals surface area contributed by atoms with Crippen LogP contribution in [0.25, 0.3) is 0 Å². The molecule has 2 aliphatic rings. The number of ether oxygens (including phenoxy) is 1. The molecule has 35 heavy (non-hydrogen) atoms. The number of benzene rings is 2. The molecule has 0 aromatic heterocycles. The monoisotopic (exact) mass is 478 g/mol. The van der Waals surface area contributed by atoms with Gasteiger partial charge in [0.2, 0.25) is 5.91 Å². The second-order valence-corrected chi connectivity index (χ2v) is 8.42. The Morgan fingerprint density at radius 3 is 2.29 bits per heavy atom. The number of nitrogens with zero attached hydrogens (tertiary/aromatic N) is 2. The molecule has 0 bridgehead atoms. The van der Waals surface area contributed by atoms with E-state index in [9.17, 15) is 24.0 Å². The molecule has 10 heteroatoms. The van der Waals surface area contributed by atoms with Crippen LogP contribution in [0.15, 0.2) is 48.5 Å². The first-order chi connectivity index (χ1) is 16.9. The lowest BCUT2D eigenvalue weighted by atomic mass is 9.94. The number of rotatable bonds is 7. The third-order valence-electron chi connectivity index (χ3n) is 6.11. The van der Waals surface area contributed by atoms with Gasteiger partial charge >= 0.3 is 17.8 Å². The van der Waals surface area contributed by atoms with Crippen LogP contribution < -0.4 is 15.4 Å². The number of hydrogen-bond acceptors (Lipinski definition) is 6. The molecule has 0 atom stereocenters. The Morgan fingerprint density at radius 2 is 1.60 bits per heavy atom. The number of hydrogen-bond donors (Lipinski definition) is 2. The summed E-state index contributed by atoms with van der Waals surface area (Å²) in [4.78, 5) is 64.2. The van der Waals surface area contributed by atoms with Gasteiger partial charge in [0.15, 0.2) is 0 Å². The van der Waals surface area contributed by atoms with Crippen LogP contribution in [-0.2, 0) is 14.4 Å². The molecule has 10 nitrogen and oxygen atoms in total. The highest BCUT2D eigenvalue weighted by Crippen LogP contribution is 2.27. The van der Waals surface area contributed by atoms with Crippen LogP contribution in [0.4, 0.5) is 16.2 Å². The lowest BCUT2D eigenvalue weighted by Crippen LogP contribution is -2.43. The smallest absolute Gasteiger partial charge is 0.334 e. The van der Waals surface area contributed by atoms with Gasteiger partial charge in [0.05, 0.1) is 12.8 Å². The third-order valence-corrected chi connectivity index (χ3v) is 6.11. The van der Waals surface area contributed by atoms with E-state index in [0.29, 0.717) is 40.4 Å². The summed E-state index contributed by atoms with van der Waals surface area (Å²) in [6, 6.07) is 12.1. The zero-order valence-electron chi connectivity index (χ0n) is 19.3. The highest BCUT2D eigenvalue weighted by molar-refractivity contribution is 6.45. The summed E-state index contributed by atoms with van der Waals surface area (Å²) in [7, 11) is 1.51.